The van der Waals surface area contributed by atoms with Crippen LogP contribution >= 0.6 is 50.7 Å². The van der Waals surface area contributed by atoms with Gasteiger partial charge in [0.15, 0.2) is 0 Å². The molecule has 2 aromatic carbocycles. The van der Waals surface area contributed by atoms with Crippen LogP contribution in [0.5, 0.6) is 0 Å². The zero-order chi connectivity index (χ0) is 16.4. The van der Waals surface area contributed by atoms with Crippen LogP contribution in [0.1, 0.15) is 11.6 Å². The van der Waals surface area contributed by atoms with E-state index >= 15 is 0 Å². The SMILES string of the molecule is O=S(=O)(N[C@H](c1ccc(Br)cc1)C(Cl)(Cl)Cl)c1ccccc1. The Morgan fingerprint density at radius 2 is 1.50 bits per heavy atom. The first-order valence-electron chi connectivity index (χ1n) is 6.10. The molecule has 0 heterocycles. The molecule has 0 bridgehead atoms. The Morgan fingerprint density at radius 1 is 0.955 bits per heavy atom. The third-order valence-electron chi connectivity index (χ3n) is 2.86. The molecule has 0 amide bonds. The highest BCUT2D eigenvalue weighted by Crippen LogP contribution is 2.40. The van der Waals surface area contributed by atoms with Crippen molar-refractivity contribution >= 4 is 60.8 Å². The fourth-order valence-electron chi connectivity index (χ4n) is 1.80. The van der Waals surface area contributed by atoms with Gasteiger partial charge in [0.05, 0.1) is 10.9 Å². The molecule has 0 spiro atoms. The molecule has 0 aliphatic heterocycles. The second-order valence-corrected chi connectivity index (χ2v) is 9.46. The summed E-state index contributed by atoms with van der Waals surface area (Å²) in [5, 5.41) is 0. The summed E-state index contributed by atoms with van der Waals surface area (Å²) < 4.78 is 26.3. The molecule has 0 unspecified atom stereocenters. The Hall–Kier alpha value is -0.300. The number of halogens is 4. The van der Waals surface area contributed by atoms with E-state index in [-0.39, 0.29) is 4.90 Å². The molecular weight excluding hydrogens is 432 g/mol. The van der Waals surface area contributed by atoms with E-state index in [9.17, 15) is 8.42 Å². The van der Waals surface area contributed by atoms with Crippen LogP contribution in [0.3, 0.4) is 0 Å². The van der Waals surface area contributed by atoms with Crippen LogP contribution in [0.2, 0.25) is 0 Å². The molecule has 8 heteroatoms. The maximum atomic E-state index is 12.4. The summed E-state index contributed by atoms with van der Waals surface area (Å²) >= 11 is 21.2. The van der Waals surface area contributed by atoms with Crippen LogP contribution in [0.4, 0.5) is 0 Å². The van der Waals surface area contributed by atoms with Gasteiger partial charge in [0.25, 0.3) is 0 Å². The van der Waals surface area contributed by atoms with Crippen molar-refractivity contribution < 1.29 is 8.42 Å². The number of hydrogen-bond donors (Lipinski definition) is 1. The zero-order valence-corrected chi connectivity index (χ0v) is 15.7. The first kappa shape index (κ1) is 18.0. The quantitative estimate of drug-likeness (QED) is 0.688. The fourth-order valence-corrected chi connectivity index (χ4v) is 4.08. The number of rotatable bonds is 4. The second-order valence-electron chi connectivity index (χ2n) is 4.46. The Bertz CT molecular complexity index is 731. The van der Waals surface area contributed by atoms with Crippen molar-refractivity contribution in [3.8, 4) is 0 Å². The van der Waals surface area contributed by atoms with Crippen molar-refractivity contribution in [2.75, 3.05) is 0 Å². The number of benzene rings is 2. The predicted molar refractivity (Wildman–Crippen MR) is 93.9 cm³/mol. The first-order valence-corrected chi connectivity index (χ1v) is 9.51. The van der Waals surface area contributed by atoms with E-state index in [1.54, 1.807) is 42.5 Å². The highest BCUT2D eigenvalue weighted by atomic mass is 79.9. The zero-order valence-electron chi connectivity index (χ0n) is 11.0. The number of sulfonamides is 1. The molecular formula is C14H11BrCl3NO2S. The second kappa shape index (κ2) is 7.07. The van der Waals surface area contributed by atoms with Gasteiger partial charge < -0.3 is 0 Å². The van der Waals surface area contributed by atoms with Crippen LogP contribution in [-0.2, 0) is 10.0 Å². The topological polar surface area (TPSA) is 46.2 Å². The Balaban J connectivity index is 2.38. The van der Waals surface area contributed by atoms with E-state index in [0.717, 1.165) is 4.47 Å². The van der Waals surface area contributed by atoms with Crippen LogP contribution in [0, 0.1) is 0 Å². The van der Waals surface area contributed by atoms with Crippen molar-refractivity contribution in [3.63, 3.8) is 0 Å². The smallest absolute Gasteiger partial charge is 0.207 e. The molecule has 22 heavy (non-hydrogen) atoms. The van der Waals surface area contributed by atoms with E-state index < -0.39 is 19.9 Å². The summed E-state index contributed by atoms with van der Waals surface area (Å²) in [4.78, 5) is 0.103. The van der Waals surface area contributed by atoms with Gasteiger partial charge in [-0.05, 0) is 29.8 Å². The largest absolute Gasteiger partial charge is 0.241 e. The molecule has 0 aromatic heterocycles. The minimum absolute atomic E-state index is 0.103. The average Bonchev–Trinajstić information content (AvgIpc) is 2.46. The third kappa shape index (κ3) is 4.60. The molecule has 0 aliphatic rings. The lowest BCUT2D eigenvalue weighted by Crippen LogP contribution is -2.36. The molecule has 1 N–H and O–H groups in total. The molecule has 0 saturated heterocycles. The van der Waals surface area contributed by atoms with E-state index in [1.165, 1.54) is 12.1 Å². The van der Waals surface area contributed by atoms with Crippen molar-refractivity contribution in [1.29, 1.82) is 0 Å². The summed E-state index contributed by atoms with van der Waals surface area (Å²) in [6, 6.07) is 13.8. The van der Waals surface area contributed by atoms with Gasteiger partial charge in [-0.2, -0.15) is 4.72 Å². The molecule has 0 fully saturated rings. The van der Waals surface area contributed by atoms with Crippen molar-refractivity contribution in [3.05, 3.63) is 64.6 Å². The van der Waals surface area contributed by atoms with Gasteiger partial charge in [-0.3, -0.25) is 0 Å². The van der Waals surface area contributed by atoms with E-state index in [2.05, 4.69) is 20.7 Å². The summed E-state index contributed by atoms with van der Waals surface area (Å²) in [6.07, 6.45) is 0. The molecule has 1 atom stereocenters. The first-order chi connectivity index (χ1) is 10.2. The van der Waals surface area contributed by atoms with Crippen LogP contribution in [-0.4, -0.2) is 12.2 Å². The Labute approximate surface area is 152 Å². The third-order valence-corrected chi connectivity index (χ3v) is 5.48. The number of hydrogen-bond acceptors (Lipinski definition) is 2. The molecule has 118 valence electrons. The van der Waals surface area contributed by atoms with Crippen molar-refractivity contribution in [1.82, 2.24) is 4.72 Å². The molecule has 3 nitrogen and oxygen atoms in total. The van der Waals surface area contributed by atoms with Crippen LogP contribution in [0.25, 0.3) is 0 Å². The standard InChI is InChI=1S/C14H11BrCl3NO2S/c15-11-8-6-10(7-9-11)13(14(16,17)18)19-22(20,21)12-4-2-1-3-5-12/h1-9,13,19H/t13-/m1/s1. The highest BCUT2D eigenvalue weighted by Gasteiger charge is 2.37. The minimum atomic E-state index is -3.82. The lowest BCUT2D eigenvalue weighted by molar-refractivity contribution is 0.558. The van der Waals surface area contributed by atoms with Crippen molar-refractivity contribution in [2.45, 2.75) is 14.7 Å². The summed E-state index contributed by atoms with van der Waals surface area (Å²) in [5.41, 5.74) is 0.544. The Kier molecular flexibility index (Phi) is 5.80. The predicted octanol–water partition coefficient (Wildman–Crippen LogP) is 4.84. The van der Waals surface area contributed by atoms with Crippen molar-refractivity contribution in [2.24, 2.45) is 0 Å². The lowest BCUT2D eigenvalue weighted by atomic mass is 10.1. The monoisotopic (exact) mass is 441 g/mol. The average molecular weight is 444 g/mol. The maximum absolute atomic E-state index is 12.4. The number of nitrogens with one attached hydrogen (secondary N) is 1. The van der Waals surface area contributed by atoms with Gasteiger partial charge in [-0.15, -0.1) is 0 Å². The van der Waals surface area contributed by atoms with Crippen LogP contribution < -0.4 is 4.72 Å². The molecule has 2 aromatic rings. The lowest BCUT2D eigenvalue weighted by Gasteiger charge is -2.26. The Morgan fingerprint density at radius 3 is 2.00 bits per heavy atom. The highest BCUT2D eigenvalue weighted by molar-refractivity contribution is 9.10. The van der Waals surface area contributed by atoms with E-state index in [0.29, 0.717) is 5.56 Å². The van der Waals surface area contributed by atoms with E-state index in [1.807, 2.05) is 0 Å². The summed E-state index contributed by atoms with van der Waals surface area (Å²) in [7, 11) is -3.82. The summed E-state index contributed by atoms with van der Waals surface area (Å²) in [5.74, 6) is 0. The van der Waals surface area contributed by atoms with Gasteiger partial charge in [-0.1, -0.05) is 81.1 Å². The van der Waals surface area contributed by atoms with Gasteiger partial charge in [0.1, 0.15) is 0 Å². The molecule has 0 radical (unpaired) electrons. The minimum Gasteiger partial charge on any atom is -0.207 e. The van der Waals surface area contributed by atoms with Crippen LogP contribution in [0.15, 0.2) is 64.0 Å². The molecule has 2 rings (SSSR count). The molecule has 0 saturated carbocycles. The van der Waals surface area contributed by atoms with Gasteiger partial charge in [-0.25, -0.2) is 8.42 Å². The van der Waals surface area contributed by atoms with Gasteiger partial charge >= 0.3 is 0 Å². The molecule has 0 aliphatic carbocycles. The van der Waals surface area contributed by atoms with E-state index in [4.69, 9.17) is 34.8 Å². The summed E-state index contributed by atoms with van der Waals surface area (Å²) in [6.45, 7) is 0. The normalized spacial score (nSPS) is 13.8. The van der Waals surface area contributed by atoms with Gasteiger partial charge in [0, 0.05) is 4.47 Å². The fraction of sp³-hybridized carbons (Fsp3) is 0.143. The van der Waals surface area contributed by atoms with Gasteiger partial charge in [0.2, 0.25) is 13.8 Å². The maximum Gasteiger partial charge on any atom is 0.241 e. The number of alkyl halides is 3.